The number of urea groups is 1. The van der Waals surface area contributed by atoms with Crippen LogP contribution in [0.2, 0.25) is 0 Å². The van der Waals surface area contributed by atoms with Crippen LogP contribution in [-0.4, -0.2) is 88.6 Å². The number of hydrogen-bond acceptors (Lipinski definition) is 5. The second-order valence-electron chi connectivity index (χ2n) is 10.0. The molecule has 3 aliphatic heterocycles. The van der Waals surface area contributed by atoms with Gasteiger partial charge in [-0.3, -0.25) is 14.6 Å². The number of carbonyl (C=O) groups excluding carboxylic acids is 2. The molecule has 3 aliphatic rings. The average Bonchev–Trinajstić information content (AvgIpc) is 3.23. The molecule has 1 N–H and O–H groups in total. The number of rotatable bonds is 6. The van der Waals surface area contributed by atoms with Crippen molar-refractivity contribution in [2.24, 2.45) is 0 Å². The number of β-amino-alcohol motifs (C(OH)–C–C–N with tert-alkyl or cyclic N) is 1. The lowest BCUT2D eigenvalue weighted by molar-refractivity contribution is 0.0724. The molecule has 1 atom stereocenters. The maximum Gasteiger partial charge on any atom is 0.325 e. The van der Waals surface area contributed by atoms with Gasteiger partial charge in [-0.05, 0) is 55.9 Å². The van der Waals surface area contributed by atoms with Gasteiger partial charge in [0.1, 0.15) is 5.82 Å². The van der Waals surface area contributed by atoms with Gasteiger partial charge in [0.05, 0.1) is 11.7 Å². The fraction of sp³-hybridized carbons (Fsp3) is 0.519. The number of pyridine rings is 1. The van der Waals surface area contributed by atoms with Crippen LogP contribution in [0.15, 0.2) is 36.5 Å². The van der Waals surface area contributed by atoms with Gasteiger partial charge in [-0.2, -0.15) is 0 Å². The van der Waals surface area contributed by atoms with Crippen molar-refractivity contribution in [1.29, 1.82) is 0 Å². The Balaban J connectivity index is 1.14. The average molecular weight is 478 g/mol. The summed E-state index contributed by atoms with van der Waals surface area (Å²) < 4.78 is 0. The van der Waals surface area contributed by atoms with E-state index in [1.54, 1.807) is 28.1 Å². The van der Waals surface area contributed by atoms with E-state index < -0.39 is 6.10 Å². The Kier molecular flexibility index (Phi) is 7.02. The predicted molar refractivity (Wildman–Crippen MR) is 134 cm³/mol. The Bertz CT molecular complexity index is 1070. The van der Waals surface area contributed by atoms with Crippen molar-refractivity contribution in [2.45, 2.75) is 45.3 Å². The van der Waals surface area contributed by atoms with Gasteiger partial charge in [0, 0.05) is 58.6 Å². The van der Waals surface area contributed by atoms with Crippen molar-refractivity contribution in [1.82, 2.24) is 19.7 Å². The molecule has 186 valence electrons. The summed E-state index contributed by atoms with van der Waals surface area (Å²) in [4.78, 5) is 37.6. The molecule has 2 saturated heterocycles. The van der Waals surface area contributed by atoms with Gasteiger partial charge in [-0.1, -0.05) is 23.8 Å². The number of aliphatic hydroxyl groups is 1. The molecule has 3 amide bonds. The van der Waals surface area contributed by atoms with Crippen LogP contribution in [0.25, 0.3) is 0 Å². The van der Waals surface area contributed by atoms with Crippen LogP contribution in [0.5, 0.6) is 0 Å². The summed E-state index contributed by atoms with van der Waals surface area (Å²) in [5.41, 5.74) is 4.54. The lowest BCUT2D eigenvalue weighted by Gasteiger charge is -2.31. The van der Waals surface area contributed by atoms with Crippen molar-refractivity contribution in [2.75, 3.05) is 50.7 Å². The van der Waals surface area contributed by atoms with Gasteiger partial charge in [-0.15, -0.1) is 0 Å². The van der Waals surface area contributed by atoms with E-state index in [0.717, 1.165) is 45.4 Å². The number of likely N-dealkylation sites (tertiary alicyclic amines) is 1. The van der Waals surface area contributed by atoms with Crippen molar-refractivity contribution in [3.63, 3.8) is 0 Å². The molecule has 2 aromatic rings. The smallest absolute Gasteiger partial charge is 0.325 e. The lowest BCUT2D eigenvalue weighted by atomic mass is 9.97. The minimum atomic E-state index is -0.609. The minimum absolute atomic E-state index is 0.0109. The highest BCUT2D eigenvalue weighted by Gasteiger charge is 2.32. The Hall–Kier alpha value is -2.97. The number of amides is 3. The van der Waals surface area contributed by atoms with E-state index in [0.29, 0.717) is 37.6 Å². The largest absolute Gasteiger partial charge is 0.390 e. The van der Waals surface area contributed by atoms with Gasteiger partial charge in [0.2, 0.25) is 0 Å². The standard InChI is InChI=1S/C27H35N5O3/c1-20-5-6-21-9-12-29(17-23(21)15-20)18-24(33)19-31-13-14-32(27(31)35)25-8-7-22(16-28-25)26(34)30-10-3-2-4-11-30/h5-8,15-16,24,33H,2-4,9-14,17-19H2,1H3. The molecular formula is C27H35N5O3. The van der Waals surface area contributed by atoms with Crippen LogP contribution in [0.1, 0.15) is 46.3 Å². The quantitative estimate of drug-likeness (QED) is 0.692. The zero-order valence-electron chi connectivity index (χ0n) is 20.5. The molecule has 8 nitrogen and oxygen atoms in total. The zero-order valence-corrected chi connectivity index (χ0v) is 20.5. The summed E-state index contributed by atoms with van der Waals surface area (Å²) >= 11 is 0. The number of anilines is 1. The first kappa shape index (κ1) is 23.8. The third kappa shape index (κ3) is 5.33. The lowest BCUT2D eigenvalue weighted by Crippen LogP contribution is -2.43. The monoisotopic (exact) mass is 477 g/mol. The molecule has 5 rings (SSSR count). The summed E-state index contributed by atoms with van der Waals surface area (Å²) in [5, 5.41) is 10.7. The first-order valence-corrected chi connectivity index (χ1v) is 12.8. The van der Waals surface area contributed by atoms with Crippen LogP contribution in [0, 0.1) is 6.92 Å². The predicted octanol–water partition coefficient (Wildman–Crippen LogP) is 2.68. The summed E-state index contributed by atoms with van der Waals surface area (Å²) in [5.74, 6) is 0.557. The Morgan fingerprint density at radius 2 is 1.83 bits per heavy atom. The highest BCUT2D eigenvalue weighted by atomic mass is 16.3. The molecule has 4 heterocycles. The maximum atomic E-state index is 13.0. The van der Waals surface area contributed by atoms with E-state index in [1.165, 1.54) is 23.1 Å². The third-order valence-electron chi connectivity index (χ3n) is 7.36. The zero-order chi connectivity index (χ0) is 24.4. The van der Waals surface area contributed by atoms with Crippen LogP contribution in [0.4, 0.5) is 10.6 Å². The topological polar surface area (TPSA) is 80.2 Å². The SMILES string of the molecule is Cc1ccc2c(c1)CN(CC(O)CN1CCN(c3ccc(C(=O)N4CCCCC4)cn3)C1=O)CC2. The van der Waals surface area contributed by atoms with Crippen molar-refractivity contribution in [3.05, 3.63) is 58.8 Å². The second-order valence-corrected chi connectivity index (χ2v) is 10.0. The first-order valence-electron chi connectivity index (χ1n) is 12.8. The fourth-order valence-corrected chi connectivity index (χ4v) is 5.43. The summed E-state index contributed by atoms with van der Waals surface area (Å²) in [6.07, 6.45) is 5.23. The number of aryl methyl sites for hydroxylation is 1. The normalized spacial score (nSPS) is 19.7. The number of carbonyl (C=O) groups is 2. The van der Waals surface area contributed by atoms with Gasteiger partial charge in [0.15, 0.2) is 0 Å². The van der Waals surface area contributed by atoms with Crippen molar-refractivity contribution < 1.29 is 14.7 Å². The van der Waals surface area contributed by atoms with E-state index in [2.05, 4.69) is 35.0 Å². The van der Waals surface area contributed by atoms with Crippen molar-refractivity contribution >= 4 is 17.8 Å². The number of nitrogens with zero attached hydrogens (tertiary/aromatic N) is 5. The van der Waals surface area contributed by atoms with Gasteiger partial charge in [0.25, 0.3) is 5.91 Å². The number of aliphatic hydroxyl groups excluding tert-OH is 1. The summed E-state index contributed by atoms with van der Waals surface area (Å²) in [6, 6.07) is 9.96. The molecule has 2 fully saturated rings. The van der Waals surface area contributed by atoms with Crippen molar-refractivity contribution in [3.8, 4) is 0 Å². The molecule has 0 radical (unpaired) electrons. The van der Waals surface area contributed by atoms with Gasteiger partial charge >= 0.3 is 6.03 Å². The number of aromatic nitrogens is 1. The molecule has 0 spiro atoms. The third-order valence-corrected chi connectivity index (χ3v) is 7.36. The molecule has 1 aromatic heterocycles. The first-order chi connectivity index (χ1) is 17.0. The molecule has 1 unspecified atom stereocenters. The summed E-state index contributed by atoms with van der Waals surface area (Å²) in [6.45, 7) is 7.37. The number of piperidine rings is 1. The van der Waals surface area contributed by atoms with E-state index in [1.807, 2.05) is 4.90 Å². The number of hydrogen-bond donors (Lipinski definition) is 1. The molecule has 35 heavy (non-hydrogen) atoms. The molecule has 8 heteroatoms. The van der Waals surface area contributed by atoms with Gasteiger partial charge < -0.3 is 14.9 Å². The fourth-order valence-electron chi connectivity index (χ4n) is 5.43. The van der Waals surface area contributed by atoms with E-state index >= 15 is 0 Å². The Morgan fingerprint density at radius 1 is 1.00 bits per heavy atom. The number of benzene rings is 1. The molecular weight excluding hydrogens is 442 g/mol. The minimum Gasteiger partial charge on any atom is -0.390 e. The molecule has 0 bridgehead atoms. The number of fused-ring (bicyclic) bond motifs is 1. The van der Waals surface area contributed by atoms with Crippen LogP contribution >= 0.6 is 0 Å². The van der Waals surface area contributed by atoms with Crippen LogP contribution < -0.4 is 4.90 Å². The van der Waals surface area contributed by atoms with E-state index in [-0.39, 0.29) is 11.9 Å². The van der Waals surface area contributed by atoms with E-state index in [4.69, 9.17) is 0 Å². The molecule has 1 aromatic carbocycles. The Morgan fingerprint density at radius 3 is 2.60 bits per heavy atom. The molecule has 0 saturated carbocycles. The van der Waals surface area contributed by atoms with Crippen LogP contribution in [0.3, 0.4) is 0 Å². The summed E-state index contributed by atoms with van der Waals surface area (Å²) in [7, 11) is 0. The van der Waals surface area contributed by atoms with E-state index in [9.17, 15) is 14.7 Å². The Labute approximate surface area is 207 Å². The second kappa shape index (κ2) is 10.3. The highest BCUT2D eigenvalue weighted by molar-refractivity contribution is 5.96. The highest BCUT2D eigenvalue weighted by Crippen LogP contribution is 2.22. The maximum absolute atomic E-state index is 13.0. The molecule has 0 aliphatic carbocycles. The van der Waals surface area contributed by atoms with Crippen LogP contribution in [-0.2, 0) is 13.0 Å². The van der Waals surface area contributed by atoms with Gasteiger partial charge in [-0.25, -0.2) is 9.78 Å².